The number of ether oxygens (including phenoxy) is 1. The molecule has 20 heavy (non-hydrogen) atoms. The number of carbonyl (C=O) groups is 2. The van der Waals surface area contributed by atoms with Gasteiger partial charge in [0.05, 0.1) is 17.4 Å². The predicted octanol–water partition coefficient (Wildman–Crippen LogP) is 2.07. The second-order valence-corrected chi connectivity index (χ2v) is 4.10. The molecule has 0 bridgehead atoms. The van der Waals surface area contributed by atoms with Crippen molar-refractivity contribution < 1.29 is 23.8 Å². The molecule has 7 heteroatoms. The summed E-state index contributed by atoms with van der Waals surface area (Å²) in [4.78, 5) is 22.6. The lowest BCUT2D eigenvalue weighted by molar-refractivity contribution is 0.0697. The van der Waals surface area contributed by atoms with E-state index in [9.17, 15) is 14.0 Å². The third-order valence-corrected chi connectivity index (χ3v) is 2.46. The number of rotatable bonds is 6. The zero-order chi connectivity index (χ0) is 15.1. The molecular weight excluding hydrogens is 267 g/mol. The number of hydrogen-bond donors (Lipinski definition) is 3. The first-order valence-corrected chi connectivity index (χ1v) is 6.13. The summed E-state index contributed by atoms with van der Waals surface area (Å²) in [6.07, 6.45) is -0.155. The van der Waals surface area contributed by atoms with E-state index in [1.54, 1.807) is 6.92 Å². The first-order chi connectivity index (χ1) is 9.43. The van der Waals surface area contributed by atoms with Crippen LogP contribution in [0.15, 0.2) is 18.2 Å². The lowest BCUT2D eigenvalue weighted by Gasteiger charge is -2.14. The Kier molecular flexibility index (Phi) is 5.92. The molecule has 1 aromatic carbocycles. The SMILES string of the molecule is CCOC(C)CNC(=O)Nc1ccc(F)cc1C(=O)O. The largest absolute Gasteiger partial charge is 0.478 e. The van der Waals surface area contributed by atoms with Gasteiger partial charge in [-0.05, 0) is 32.0 Å². The van der Waals surface area contributed by atoms with E-state index in [1.807, 2.05) is 6.92 Å². The number of carboxylic acid groups (broad SMARTS) is 1. The molecule has 1 unspecified atom stereocenters. The number of carboxylic acids is 1. The molecule has 1 rings (SSSR count). The summed E-state index contributed by atoms with van der Waals surface area (Å²) in [5, 5.41) is 13.8. The molecule has 0 spiro atoms. The zero-order valence-electron chi connectivity index (χ0n) is 11.3. The van der Waals surface area contributed by atoms with Gasteiger partial charge in [-0.25, -0.2) is 14.0 Å². The minimum Gasteiger partial charge on any atom is -0.478 e. The molecule has 0 fully saturated rings. The third kappa shape index (κ3) is 4.85. The molecule has 0 saturated heterocycles. The second-order valence-electron chi connectivity index (χ2n) is 4.10. The third-order valence-electron chi connectivity index (χ3n) is 2.46. The van der Waals surface area contributed by atoms with Gasteiger partial charge in [0.25, 0.3) is 0 Å². The average molecular weight is 284 g/mol. The molecule has 0 aliphatic carbocycles. The van der Waals surface area contributed by atoms with Gasteiger partial charge in [0.2, 0.25) is 0 Å². The van der Waals surface area contributed by atoms with Crippen molar-refractivity contribution in [3.63, 3.8) is 0 Å². The van der Waals surface area contributed by atoms with Gasteiger partial charge in [-0.2, -0.15) is 0 Å². The number of carbonyl (C=O) groups excluding carboxylic acids is 1. The Balaban J connectivity index is 2.64. The van der Waals surface area contributed by atoms with E-state index in [4.69, 9.17) is 9.84 Å². The van der Waals surface area contributed by atoms with Crippen molar-refractivity contribution in [2.45, 2.75) is 20.0 Å². The fourth-order valence-corrected chi connectivity index (χ4v) is 1.55. The standard InChI is InChI=1S/C13H17FN2O4/c1-3-20-8(2)7-15-13(19)16-11-5-4-9(14)6-10(11)12(17)18/h4-6,8H,3,7H2,1-2H3,(H,17,18)(H2,15,16,19). The molecule has 3 N–H and O–H groups in total. The number of nitrogens with one attached hydrogen (secondary N) is 2. The highest BCUT2D eigenvalue weighted by Gasteiger charge is 2.13. The average Bonchev–Trinajstić information content (AvgIpc) is 2.38. The first-order valence-electron chi connectivity index (χ1n) is 6.13. The van der Waals surface area contributed by atoms with Crippen molar-refractivity contribution >= 4 is 17.7 Å². The maximum atomic E-state index is 13.0. The minimum absolute atomic E-state index is 0.0282. The molecule has 6 nitrogen and oxygen atoms in total. The normalized spacial score (nSPS) is 11.8. The Hall–Kier alpha value is -2.15. The summed E-state index contributed by atoms with van der Waals surface area (Å²) in [5.74, 6) is -2.00. The number of anilines is 1. The number of amides is 2. The summed E-state index contributed by atoms with van der Waals surface area (Å²) in [7, 11) is 0. The second kappa shape index (κ2) is 7.44. The van der Waals surface area contributed by atoms with Gasteiger partial charge in [0, 0.05) is 13.2 Å². The number of urea groups is 1. The van der Waals surface area contributed by atoms with E-state index in [1.165, 1.54) is 6.07 Å². The summed E-state index contributed by atoms with van der Waals surface area (Å²) in [5.41, 5.74) is -0.279. The van der Waals surface area contributed by atoms with Crippen LogP contribution in [0.25, 0.3) is 0 Å². The summed E-state index contributed by atoms with van der Waals surface area (Å²) >= 11 is 0. The van der Waals surface area contributed by atoms with Gasteiger partial charge in [0.15, 0.2) is 0 Å². The number of hydrogen-bond acceptors (Lipinski definition) is 3. The Morgan fingerprint density at radius 3 is 2.75 bits per heavy atom. The molecule has 1 aromatic rings. The van der Waals surface area contributed by atoms with Crippen LogP contribution in [0.5, 0.6) is 0 Å². The number of aromatic carboxylic acids is 1. The maximum Gasteiger partial charge on any atom is 0.337 e. The first kappa shape index (κ1) is 15.9. The zero-order valence-corrected chi connectivity index (χ0v) is 11.3. The van der Waals surface area contributed by atoms with Crippen LogP contribution in [0.1, 0.15) is 24.2 Å². The van der Waals surface area contributed by atoms with Crippen LogP contribution in [0.2, 0.25) is 0 Å². The molecule has 0 aromatic heterocycles. The van der Waals surface area contributed by atoms with Crippen molar-refractivity contribution in [1.29, 1.82) is 0 Å². The highest BCUT2D eigenvalue weighted by Crippen LogP contribution is 2.16. The molecular formula is C13H17FN2O4. The molecule has 0 heterocycles. The monoisotopic (exact) mass is 284 g/mol. The lowest BCUT2D eigenvalue weighted by Crippen LogP contribution is -2.35. The van der Waals surface area contributed by atoms with Gasteiger partial charge in [-0.1, -0.05) is 0 Å². The number of halogens is 1. The van der Waals surface area contributed by atoms with Gasteiger partial charge in [0.1, 0.15) is 5.82 Å². The molecule has 0 radical (unpaired) electrons. The predicted molar refractivity (Wildman–Crippen MR) is 71.5 cm³/mol. The van der Waals surface area contributed by atoms with Gasteiger partial charge < -0.3 is 20.5 Å². The van der Waals surface area contributed by atoms with Crippen LogP contribution in [0.3, 0.4) is 0 Å². The topological polar surface area (TPSA) is 87.7 Å². The van der Waals surface area contributed by atoms with Gasteiger partial charge >= 0.3 is 12.0 Å². The Labute approximate surface area is 115 Å². The van der Waals surface area contributed by atoms with Crippen molar-refractivity contribution in [1.82, 2.24) is 5.32 Å². The number of benzene rings is 1. The Morgan fingerprint density at radius 1 is 1.45 bits per heavy atom. The highest BCUT2D eigenvalue weighted by atomic mass is 19.1. The maximum absolute atomic E-state index is 13.0. The van der Waals surface area contributed by atoms with Crippen LogP contribution in [0, 0.1) is 5.82 Å². The van der Waals surface area contributed by atoms with Gasteiger partial charge in [-0.3, -0.25) is 0 Å². The molecule has 2 amide bonds. The summed E-state index contributed by atoms with van der Waals surface area (Å²) in [6, 6.07) is 2.54. The quantitative estimate of drug-likeness (QED) is 0.746. The minimum atomic E-state index is -1.32. The van der Waals surface area contributed by atoms with Crippen molar-refractivity contribution in [3.8, 4) is 0 Å². The van der Waals surface area contributed by atoms with E-state index in [0.717, 1.165) is 12.1 Å². The molecule has 1 atom stereocenters. The van der Waals surface area contributed by atoms with E-state index in [2.05, 4.69) is 10.6 Å². The Bertz CT molecular complexity index is 493. The summed E-state index contributed by atoms with van der Waals surface area (Å²) < 4.78 is 18.2. The van der Waals surface area contributed by atoms with Crippen LogP contribution < -0.4 is 10.6 Å². The van der Waals surface area contributed by atoms with Crippen LogP contribution >= 0.6 is 0 Å². The van der Waals surface area contributed by atoms with E-state index < -0.39 is 17.8 Å². The molecule has 0 aliphatic rings. The van der Waals surface area contributed by atoms with E-state index in [-0.39, 0.29) is 23.9 Å². The molecule has 110 valence electrons. The van der Waals surface area contributed by atoms with Crippen LogP contribution in [-0.2, 0) is 4.74 Å². The molecule has 0 aliphatic heterocycles. The fourth-order valence-electron chi connectivity index (χ4n) is 1.55. The van der Waals surface area contributed by atoms with E-state index >= 15 is 0 Å². The van der Waals surface area contributed by atoms with Crippen molar-refractivity contribution in [2.75, 3.05) is 18.5 Å². The van der Waals surface area contributed by atoms with Crippen LogP contribution in [-0.4, -0.2) is 36.4 Å². The smallest absolute Gasteiger partial charge is 0.337 e. The van der Waals surface area contributed by atoms with E-state index in [0.29, 0.717) is 6.61 Å². The van der Waals surface area contributed by atoms with Crippen LogP contribution in [0.4, 0.5) is 14.9 Å². The fraction of sp³-hybridized carbons (Fsp3) is 0.385. The molecule has 0 saturated carbocycles. The van der Waals surface area contributed by atoms with Gasteiger partial charge in [-0.15, -0.1) is 0 Å². The van der Waals surface area contributed by atoms with Crippen molar-refractivity contribution in [2.24, 2.45) is 0 Å². The summed E-state index contributed by atoms with van der Waals surface area (Å²) in [6.45, 7) is 4.45. The van der Waals surface area contributed by atoms with Crippen molar-refractivity contribution in [3.05, 3.63) is 29.6 Å². The Morgan fingerprint density at radius 2 is 2.15 bits per heavy atom. The highest BCUT2D eigenvalue weighted by molar-refractivity contribution is 5.99. The lowest BCUT2D eigenvalue weighted by atomic mass is 10.2.